The summed E-state index contributed by atoms with van der Waals surface area (Å²) in [5, 5.41) is 3.32. The molecule has 1 atom stereocenters. The van der Waals surface area contributed by atoms with E-state index in [1.165, 1.54) is 0 Å². The number of nitrogens with zero attached hydrogens (tertiary/aromatic N) is 1. The Kier molecular flexibility index (Phi) is 3.19. The molecule has 0 radical (unpaired) electrons. The number of nitrogens with two attached hydrogens (primary N) is 2. The molecular formula is C12H18N4O. The van der Waals surface area contributed by atoms with E-state index in [9.17, 15) is 4.79 Å². The number of likely N-dealkylation sites (N-methyl/N-ethyl adjacent to an activating group) is 1. The molecule has 5 heteroatoms. The number of rotatable bonds is 3. The van der Waals surface area contributed by atoms with Gasteiger partial charge in [0, 0.05) is 12.6 Å². The highest BCUT2D eigenvalue weighted by atomic mass is 16.1. The molecule has 0 saturated carbocycles. The summed E-state index contributed by atoms with van der Waals surface area (Å²) in [6.07, 6.45) is 1.04. The van der Waals surface area contributed by atoms with E-state index in [0.29, 0.717) is 23.0 Å². The SMILES string of the molecule is CN1CCC(Nc2c(N)cccc2C(N)=O)C1. The number of hydrogen-bond donors (Lipinski definition) is 3. The van der Waals surface area contributed by atoms with Crippen LogP contribution in [0.2, 0.25) is 0 Å². The monoisotopic (exact) mass is 234 g/mol. The van der Waals surface area contributed by atoms with Gasteiger partial charge in [-0.15, -0.1) is 0 Å². The Labute approximate surface area is 101 Å². The molecule has 1 amide bonds. The fourth-order valence-corrected chi connectivity index (χ4v) is 2.19. The minimum absolute atomic E-state index is 0.322. The zero-order chi connectivity index (χ0) is 12.4. The Morgan fingerprint density at radius 1 is 1.53 bits per heavy atom. The quantitative estimate of drug-likeness (QED) is 0.664. The van der Waals surface area contributed by atoms with Crippen LogP contribution in [0.5, 0.6) is 0 Å². The van der Waals surface area contributed by atoms with Crippen LogP contribution in [-0.4, -0.2) is 37.0 Å². The molecule has 1 aliphatic heterocycles. The topological polar surface area (TPSA) is 84.4 Å². The highest BCUT2D eigenvalue weighted by Gasteiger charge is 2.21. The first kappa shape index (κ1) is 11.7. The molecule has 1 saturated heterocycles. The number of nitrogens with one attached hydrogen (secondary N) is 1. The number of carbonyl (C=O) groups is 1. The fraction of sp³-hybridized carbons (Fsp3) is 0.417. The first-order valence-electron chi connectivity index (χ1n) is 5.71. The number of primary amides is 1. The first-order chi connectivity index (χ1) is 8.08. The fourth-order valence-electron chi connectivity index (χ4n) is 2.19. The van der Waals surface area contributed by atoms with Gasteiger partial charge in [-0.1, -0.05) is 6.07 Å². The summed E-state index contributed by atoms with van der Waals surface area (Å²) < 4.78 is 0. The van der Waals surface area contributed by atoms with Gasteiger partial charge in [-0.25, -0.2) is 0 Å². The third-order valence-corrected chi connectivity index (χ3v) is 3.10. The normalized spacial score (nSPS) is 20.4. The van der Waals surface area contributed by atoms with Gasteiger partial charge in [-0.05, 0) is 32.1 Å². The van der Waals surface area contributed by atoms with Crippen molar-refractivity contribution in [1.29, 1.82) is 0 Å². The Balaban J connectivity index is 2.22. The highest BCUT2D eigenvalue weighted by molar-refractivity contribution is 6.01. The lowest BCUT2D eigenvalue weighted by molar-refractivity contribution is 0.100. The molecule has 1 unspecified atom stereocenters. The maximum atomic E-state index is 11.3. The predicted molar refractivity (Wildman–Crippen MR) is 68.9 cm³/mol. The van der Waals surface area contributed by atoms with Gasteiger partial charge >= 0.3 is 0 Å². The molecule has 1 fully saturated rings. The summed E-state index contributed by atoms with van der Waals surface area (Å²) >= 11 is 0. The Bertz CT molecular complexity index is 433. The Morgan fingerprint density at radius 2 is 2.29 bits per heavy atom. The van der Waals surface area contributed by atoms with Gasteiger partial charge in [0.15, 0.2) is 0 Å². The van der Waals surface area contributed by atoms with Crippen molar-refractivity contribution in [3.8, 4) is 0 Å². The van der Waals surface area contributed by atoms with E-state index in [0.717, 1.165) is 19.5 Å². The first-order valence-corrected chi connectivity index (χ1v) is 5.71. The molecule has 1 aliphatic rings. The second-order valence-electron chi connectivity index (χ2n) is 4.53. The van der Waals surface area contributed by atoms with E-state index in [-0.39, 0.29) is 0 Å². The van der Waals surface area contributed by atoms with Crippen molar-refractivity contribution in [1.82, 2.24) is 4.90 Å². The Morgan fingerprint density at radius 3 is 2.88 bits per heavy atom. The largest absolute Gasteiger partial charge is 0.397 e. The molecule has 2 rings (SSSR count). The molecule has 5 nitrogen and oxygen atoms in total. The lowest BCUT2D eigenvalue weighted by atomic mass is 10.1. The smallest absolute Gasteiger partial charge is 0.250 e. The van der Waals surface area contributed by atoms with Gasteiger partial charge in [0.1, 0.15) is 0 Å². The van der Waals surface area contributed by atoms with E-state index in [4.69, 9.17) is 11.5 Å². The molecule has 1 aromatic carbocycles. The average molecular weight is 234 g/mol. The molecule has 0 spiro atoms. The van der Waals surface area contributed by atoms with E-state index in [1.807, 2.05) is 0 Å². The number of hydrogen-bond acceptors (Lipinski definition) is 4. The van der Waals surface area contributed by atoms with Crippen LogP contribution in [0.1, 0.15) is 16.8 Å². The maximum Gasteiger partial charge on any atom is 0.250 e. The standard InChI is InChI=1S/C12H18N4O/c1-16-6-5-8(7-16)15-11-9(12(14)17)3-2-4-10(11)13/h2-4,8,15H,5-7,13H2,1H3,(H2,14,17). The van der Waals surface area contributed by atoms with Gasteiger partial charge in [0.2, 0.25) is 0 Å². The van der Waals surface area contributed by atoms with E-state index in [1.54, 1.807) is 18.2 Å². The lowest BCUT2D eigenvalue weighted by Crippen LogP contribution is -2.26. The summed E-state index contributed by atoms with van der Waals surface area (Å²) in [5.74, 6) is -0.453. The molecule has 0 aliphatic carbocycles. The number of likely N-dealkylation sites (tertiary alicyclic amines) is 1. The van der Waals surface area contributed by atoms with Crippen LogP contribution >= 0.6 is 0 Å². The number of carbonyl (C=O) groups excluding carboxylic acids is 1. The van der Waals surface area contributed by atoms with Crippen molar-refractivity contribution in [3.05, 3.63) is 23.8 Å². The summed E-state index contributed by atoms with van der Waals surface area (Å²) in [7, 11) is 2.07. The third kappa shape index (κ3) is 2.50. The molecule has 0 aromatic heterocycles. The van der Waals surface area contributed by atoms with Crippen molar-refractivity contribution >= 4 is 17.3 Å². The van der Waals surface area contributed by atoms with E-state index < -0.39 is 5.91 Å². The number of para-hydroxylation sites is 1. The minimum Gasteiger partial charge on any atom is -0.397 e. The molecule has 1 aromatic rings. The van der Waals surface area contributed by atoms with Gasteiger partial charge in [-0.2, -0.15) is 0 Å². The van der Waals surface area contributed by atoms with Crippen LogP contribution < -0.4 is 16.8 Å². The van der Waals surface area contributed by atoms with Crippen molar-refractivity contribution in [2.45, 2.75) is 12.5 Å². The average Bonchev–Trinajstić information content (AvgIpc) is 2.67. The molecule has 5 N–H and O–H groups in total. The zero-order valence-corrected chi connectivity index (χ0v) is 9.94. The van der Waals surface area contributed by atoms with Crippen molar-refractivity contribution < 1.29 is 4.79 Å². The van der Waals surface area contributed by atoms with Gasteiger partial charge < -0.3 is 21.7 Å². The summed E-state index contributed by atoms with van der Waals surface area (Å²) in [5.41, 5.74) is 12.9. The molecule has 0 bridgehead atoms. The van der Waals surface area contributed by atoms with Crippen molar-refractivity contribution in [2.24, 2.45) is 5.73 Å². The van der Waals surface area contributed by atoms with Crippen LogP contribution in [-0.2, 0) is 0 Å². The summed E-state index contributed by atoms with van der Waals surface area (Å²) in [6.45, 7) is 2.00. The van der Waals surface area contributed by atoms with Crippen LogP contribution in [0.25, 0.3) is 0 Å². The predicted octanol–water partition coefficient (Wildman–Crippen LogP) is 0.484. The number of anilines is 2. The number of benzene rings is 1. The summed E-state index contributed by atoms with van der Waals surface area (Å²) in [6, 6.07) is 5.52. The van der Waals surface area contributed by atoms with Crippen LogP contribution in [0.15, 0.2) is 18.2 Å². The van der Waals surface area contributed by atoms with Crippen molar-refractivity contribution in [3.63, 3.8) is 0 Å². The molecule has 1 heterocycles. The lowest BCUT2D eigenvalue weighted by Gasteiger charge is -2.18. The van der Waals surface area contributed by atoms with Gasteiger partial charge in [-0.3, -0.25) is 4.79 Å². The van der Waals surface area contributed by atoms with Crippen LogP contribution in [0.3, 0.4) is 0 Å². The van der Waals surface area contributed by atoms with Crippen molar-refractivity contribution in [2.75, 3.05) is 31.2 Å². The van der Waals surface area contributed by atoms with E-state index >= 15 is 0 Å². The highest BCUT2D eigenvalue weighted by Crippen LogP contribution is 2.25. The maximum absolute atomic E-state index is 11.3. The Hall–Kier alpha value is -1.75. The molecular weight excluding hydrogens is 216 g/mol. The second kappa shape index (κ2) is 4.63. The summed E-state index contributed by atoms with van der Waals surface area (Å²) in [4.78, 5) is 13.6. The second-order valence-corrected chi connectivity index (χ2v) is 4.53. The van der Waals surface area contributed by atoms with Gasteiger partial charge in [0.25, 0.3) is 5.91 Å². The molecule has 17 heavy (non-hydrogen) atoms. The van der Waals surface area contributed by atoms with Gasteiger partial charge in [0.05, 0.1) is 16.9 Å². The minimum atomic E-state index is -0.453. The van der Waals surface area contributed by atoms with E-state index in [2.05, 4.69) is 17.3 Å². The molecule has 92 valence electrons. The third-order valence-electron chi connectivity index (χ3n) is 3.10. The van der Waals surface area contributed by atoms with Crippen LogP contribution in [0.4, 0.5) is 11.4 Å². The zero-order valence-electron chi connectivity index (χ0n) is 9.94. The number of amides is 1. The van der Waals surface area contributed by atoms with Crippen LogP contribution in [0, 0.1) is 0 Å². The number of nitrogen functional groups attached to an aromatic ring is 1.